The second kappa shape index (κ2) is 6.20. The quantitative estimate of drug-likeness (QED) is 0.658. The predicted octanol–water partition coefficient (Wildman–Crippen LogP) is 1.81. The van der Waals surface area contributed by atoms with Crippen molar-refractivity contribution in [2.24, 2.45) is 0 Å². The molecule has 0 fully saturated rings. The molecule has 5 nitrogen and oxygen atoms in total. The molecule has 0 amide bonds. The van der Waals surface area contributed by atoms with Crippen molar-refractivity contribution in [1.29, 1.82) is 0 Å². The van der Waals surface area contributed by atoms with Crippen LogP contribution in [0.3, 0.4) is 0 Å². The number of thioether (sulfide) groups is 1. The van der Waals surface area contributed by atoms with Gasteiger partial charge in [0.15, 0.2) is 5.16 Å². The molecule has 18 heavy (non-hydrogen) atoms. The summed E-state index contributed by atoms with van der Waals surface area (Å²) in [6.07, 6.45) is 1.77. The third-order valence-electron chi connectivity index (χ3n) is 2.44. The Balaban J connectivity index is 2.05. The van der Waals surface area contributed by atoms with Gasteiger partial charge < -0.3 is 4.74 Å². The lowest BCUT2D eigenvalue weighted by molar-refractivity contribution is -0.139. The SMILES string of the molecule is COC(=O)Cc1ccccc1CSc1ncn[nH]1. The number of aromatic nitrogens is 3. The van der Waals surface area contributed by atoms with Gasteiger partial charge in [-0.3, -0.25) is 9.89 Å². The number of benzene rings is 1. The highest BCUT2D eigenvalue weighted by atomic mass is 32.2. The van der Waals surface area contributed by atoms with Crippen LogP contribution < -0.4 is 0 Å². The molecule has 0 atom stereocenters. The second-order valence-corrected chi connectivity index (χ2v) is 4.56. The van der Waals surface area contributed by atoms with Crippen molar-refractivity contribution in [3.05, 3.63) is 41.7 Å². The highest BCUT2D eigenvalue weighted by Crippen LogP contribution is 2.21. The zero-order valence-electron chi connectivity index (χ0n) is 9.92. The summed E-state index contributed by atoms with van der Waals surface area (Å²) in [5.41, 5.74) is 2.08. The minimum absolute atomic E-state index is 0.230. The van der Waals surface area contributed by atoms with Crippen LogP contribution in [0.2, 0.25) is 0 Å². The van der Waals surface area contributed by atoms with E-state index in [2.05, 4.69) is 19.9 Å². The summed E-state index contributed by atoms with van der Waals surface area (Å²) in [4.78, 5) is 15.4. The largest absolute Gasteiger partial charge is 0.469 e. The first-order valence-electron chi connectivity index (χ1n) is 5.41. The molecule has 0 aliphatic heterocycles. The Hall–Kier alpha value is -1.82. The smallest absolute Gasteiger partial charge is 0.309 e. The number of hydrogen-bond acceptors (Lipinski definition) is 5. The lowest BCUT2D eigenvalue weighted by Crippen LogP contribution is -2.06. The van der Waals surface area contributed by atoms with Crippen LogP contribution in [0.1, 0.15) is 11.1 Å². The Morgan fingerprint density at radius 2 is 2.17 bits per heavy atom. The molecule has 0 saturated carbocycles. The Kier molecular flexibility index (Phi) is 4.35. The van der Waals surface area contributed by atoms with Gasteiger partial charge in [-0.15, -0.1) is 0 Å². The number of rotatable bonds is 5. The van der Waals surface area contributed by atoms with E-state index in [1.165, 1.54) is 13.4 Å². The van der Waals surface area contributed by atoms with E-state index in [4.69, 9.17) is 0 Å². The topological polar surface area (TPSA) is 67.9 Å². The summed E-state index contributed by atoms with van der Waals surface area (Å²) in [7, 11) is 1.40. The van der Waals surface area contributed by atoms with Crippen LogP contribution in [0.15, 0.2) is 35.7 Å². The van der Waals surface area contributed by atoms with E-state index in [9.17, 15) is 4.79 Å². The zero-order chi connectivity index (χ0) is 12.8. The molecule has 2 rings (SSSR count). The number of carbonyl (C=O) groups is 1. The number of nitrogens with zero attached hydrogens (tertiary/aromatic N) is 2. The molecule has 0 saturated heterocycles. The van der Waals surface area contributed by atoms with E-state index in [0.717, 1.165) is 22.0 Å². The first-order chi connectivity index (χ1) is 8.79. The molecule has 0 aliphatic carbocycles. The molecule has 1 N–H and O–H groups in total. The summed E-state index contributed by atoms with van der Waals surface area (Å²) in [5.74, 6) is 0.509. The maximum absolute atomic E-state index is 11.3. The van der Waals surface area contributed by atoms with Crippen molar-refractivity contribution >= 4 is 17.7 Å². The first kappa shape index (κ1) is 12.6. The molecule has 1 aromatic carbocycles. The molecule has 0 aliphatic rings. The van der Waals surface area contributed by atoms with Crippen LogP contribution in [0.4, 0.5) is 0 Å². The van der Waals surface area contributed by atoms with Crippen LogP contribution in [0.5, 0.6) is 0 Å². The van der Waals surface area contributed by atoms with Gasteiger partial charge in [-0.1, -0.05) is 36.0 Å². The Morgan fingerprint density at radius 1 is 1.39 bits per heavy atom. The van der Waals surface area contributed by atoms with Crippen molar-refractivity contribution in [2.45, 2.75) is 17.3 Å². The van der Waals surface area contributed by atoms with Gasteiger partial charge in [0.05, 0.1) is 13.5 Å². The number of carbonyl (C=O) groups excluding carboxylic acids is 1. The van der Waals surface area contributed by atoms with Crippen molar-refractivity contribution in [2.75, 3.05) is 7.11 Å². The minimum Gasteiger partial charge on any atom is -0.469 e. The summed E-state index contributed by atoms with van der Waals surface area (Å²) >= 11 is 1.55. The fourth-order valence-corrected chi connectivity index (χ4v) is 2.32. The van der Waals surface area contributed by atoms with E-state index in [1.807, 2.05) is 24.3 Å². The lowest BCUT2D eigenvalue weighted by Gasteiger charge is -2.07. The van der Waals surface area contributed by atoms with Crippen LogP contribution in [0, 0.1) is 0 Å². The van der Waals surface area contributed by atoms with E-state index >= 15 is 0 Å². The van der Waals surface area contributed by atoms with E-state index < -0.39 is 0 Å². The number of hydrogen-bond donors (Lipinski definition) is 1. The number of esters is 1. The van der Waals surface area contributed by atoms with Gasteiger partial charge in [-0.25, -0.2) is 4.98 Å². The fraction of sp³-hybridized carbons (Fsp3) is 0.250. The third kappa shape index (κ3) is 3.33. The van der Waals surface area contributed by atoms with Crippen LogP contribution >= 0.6 is 11.8 Å². The van der Waals surface area contributed by atoms with Crippen LogP contribution in [-0.4, -0.2) is 28.3 Å². The molecule has 6 heteroatoms. The molecule has 0 bridgehead atoms. The first-order valence-corrected chi connectivity index (χ1v) is 6.40. The van der Waals surface area contributed by atoms with Gasteiger partial charge in [-0.2, -0.15) is 5.10 Å². The molecule has 94 valence electrons. The zero-order valence-corrected chi connectivity index (χ0v) is 10.7. The van der Waals surface area contributed by atoms with Crippen LogP contribution in [0.25, 0.3) is 0 Å². The number of ether oxygens (including phenoxy) is 1. The lowest BCUT2D eigenvalue weighted by atomic mass is 10.1. The van der Waals surface area contributed by atoms with Crippen LogP contribution in [-0.2, 0) is 21.7 Å². The van der Waals surface area contributed by atoms with Crippen molar-refractivity contribution in [3.63, 3.8) is 0 Å². The monoisotopic (exact) mass is 263 g/mol. The molecule has 1 heterocycles. The number of methoxy groups -OCH3 is 1. The van der Waals surface area contributed by atoms with Gasteiger partial charge in [-0.05, 0) is 11.1 Å². The third-order valence-corrected chi connectivity index (χ3v) is 3.36. The van der Waals surface area contributed by atoms with Crippen molar-refractivity contribution in [1.82, 2.24) is 15.2 Å². The molecule has 0 radical (unpaired) electrons. The fourth-order valence-electron chi connectivity index (χ4n) is 1.51. The summed E-state index contributed by atoms with van der Waals surface area (Å²) in [6.45, 7) is 0. The van der Waals surface area contributed by atoms with Crippen molar-refractivity contribution < 1.29 is 9.53 Å². The molecule has 0 spiro atoms. The van der Waals surface area contributed by atoms with E-state index in [0.29, 0.717) is 6.42 Å². The van der Waals surface area contributed by atoms with Gasteiger partial charge in [0.1, 0.15) is 6.33 Å². The molecule has 1 aromatic heterocycles. The predicted molar refractivity (Wildman–Crippen MR) is 68.1 cm³/mol. The van der Waals surface area contributed by atoms with E-state index in [-0.39, 0.29) is 5.97 Å². The normalized spacial score (nSPS) is 10.3. The van der Waals surface area contributed by atoms with Gasteiger partial charge in [0.2, 0.25) is 0 Å². The molecular formula is C12H13N3O2S. The van der Waals surface area contributed by atoms with Gasteiger partial charge in [0.25, 0.3) is 0 Å². The minimum atomic E-state index is -0.230. The van der Waals surface area contributed by atoms with Crippen molar-refractivity contribution in [3.8, 4) is 0 Å². The highest BCUT2D eigenvalue weighted by molar-refractivity contribution is 7.98. The van der Waals surface area contributed by atoms with Gasteiger partial charge in [0, 0.05) is 5.75 Å². The standard InChI is InChI=1S/C12H13N3O2S/c1-17-11(16)6-9-4-2-3-5-10(9)7-18-12-13-8-14-15-12/h2-5,8H,6-7H2,1H3,(H,13,14,15). The maximum atomic E-state index is 11.3. The van der Waals surface area contributed by atoms with E-state index in [1.54, 1.807) is 11.8 Å². The Morgan fingerprint density at radius 3 is 2.83 bits per heavy atom. The summed E-state index contributed by atoms with van der Waals surface area (Å²) in [5, 5.41) is 7.34. The molecular weight excluding hydrogens is 250 g/mol. The average Bonchev–Trinajstić information content (AvgIpc) is 2.91. The molecule has 2 aromatic rings. The molecule has 0 unspecified atom stereocenters. The Labute approximate surface area is 109 Å². The number of aromatic amines is 1. The average molecular weight is 263 g/mol. The summed E-state index contributed by atoms with van der Waals surface area (Å²) < 4.78 is 4.69. The number of H-pyrrole nitrogens is 1. The number of nitrogens with one attached hydrogen (secondary N) is 1. The van der Waals surface area contributed by atoms with Gasteiger partial charge >= 0.3 is 5.97 Å². The highest BCUT2D eigenvalue weighted by Gasteiger charge is 2.08. The summed E-state index contributed by atoms with van der Waals surface area (Å²) in [6, 6.07) is 7.81. The maximum Gasteiger partial charge on any atom is 0.309 e. The second-order valence-electron chi connectivity index (χ2n) is 3.60. The Bertz CT molecular complexity index is 514.